The second-order valence-corrected chi connectivity index (χ2v) is 7.16. The second-order valence-electron chi connectivity index (χ2n) is 6.77. The second kappa shape index (κ2) is 11.9. The lowest BCUT2D eigenvalue weighted by molar-refractivity contribution is -0.00683. The summed E-state index contributed by atoms with van der Waals surface area (Å²) < 4.78 is 5.45. The number of nitrogens with zero attached hydrogens (tertiary/aromatic N) is 3. The van der Waals surface area contributed by atoms with E-state index in [-0.39, 0.29) is 29.5 Å². The van der Waals surface area contributed by atoms with Crippen molar-refractivity contribution >= 4 is 41.5 Å². The third-order valence-electron chi connectivity index (χ3n) is 4.33. The van der Waals surface area contributed by atoms with Gasteiger partial charge in [0.15, 0.2) is 5.96 Å². The Morgan fingerprint density at radius 1 is 1.31 bits per heavy atom. The van der Waals surface area contributed by atoms with Crippen LogP contribution in [0.1, 0.15) is 26.3 Å². The standard InChI is InChI=1S/C18H30ClN5O.HI/c1-4-20-17(21-8-7-15-5-6-16(19)22-13-15)23-14-18(2,3)24-9-11-25-12-10-24;/h5-6,13H,4,7-12,14H2,1-3H3,(H2,20,21,23);1H. The first-order valence-electron chi connectivity index (χ1n) is 8.96. The first-order chi connectivity index (χ1) is 12.0. The van der Waals surface area contributed by atoms with Gasteiger partial charge in [0.2, 0.25) is 0 Å². The van der Waals surface area contributed by atoms with Gasteiger partial charge in [-0.3, -0.25) is 9.89 Å². The number of nitrogens with one attached hydrogen (secondary N) is 2. The van der Waals surface area contributed by atoms with E-state index in [0.29, 0.717) is 5.15 Å². The molecule has 26 heavy (non-hydrogen) atoms. The normalized spacial score (nSPS) is 16.1. The maximum Gasteiger partial charge on any atom is 0.191 e. The van der Waals surface area contributed by atoms with Gasteiger partial charge < -0.3 is 15.4 Å². The molecule has 1 aromatic rings. The minimum atomic E-state index is 0. The van der Waals surface area contributed by atoms with E-state index in [4.69, 9.17) is 21.3 Å². The van der Waals surface area contributed by atoms with Gasteiger partial charge in [-0.15, -0.1) is 24.0 Å². The fourth-order valence-electron chi connectivity index (χ4n) is 2.76. The van der Waals surface area contributed by atoms with E-state index in [2.05, 4.69) is 41.3 Å². The van der Waals surface area contributed by atoms with E-state index in [9.17, 15) is 0 Å². The monoisotopic (exact) mass is 495 g/mol. The number of guanidine groups is 1. The lowest BCUT2D eigenvalue weighted by Gasteiger charge is -2.39. The molecule has 2 rings (SSSR count). The van der Waals surface area contributed by atoms with Crippen LogP contribution in [0.15, 0.2) is 23.3 Å². The molecule has 2 N–H and O–H groups in total. The van der Waals surface area contributed by atoms with Gasteiger partial charge in [0.05, 0.1) is 19.8 Å². The van der Waals surface area contributed by atoms with Crippen LogP contribution >= 0.6 is 35.6 Å². The van der Waals surface area contributed by atoms with Crippen LogP contribution in [-0.4, -0.2) is 67.3 Å². The van der Waals surface area contributed by atoms with Crippen molar-refractivity contribution in [2.45, 2.75) is 32.7 Å². The molecule has 2 heterocycles. The van der Waals surface area contributed by atoms with Crippen molar-refractivity contribution in [3.8, 4) is 0 Å². The van der Waals surface area contributed by atoms with Gasteiger partial charge in [-0.2, -0.15) is 0 Å². The lowest BCUT2D eigenvalue weighted by atomic mass is 10.0. The minimum Gasteiger partial charge on any atom is -0.379 e. The van der Waals surface area contributed by atoms with Crippen LogP contribution < -0.4 is 10.6 Å². The zero-order valence-electron chi connectivity index (χ0n) is 15.9. The predicted octanol–water partition coefficient (Wildman–Crippen LogP) is 2.56. The molecule has 0 spiro atoms. The van der Waals surface area contributed by atoms with Crippen molar-refractivity contribution in [3.05, 3.63) is 29.0 Å². The molecule has 1 aliphatic heterocycles. The number of hydrogen-bond acceptors (Lipinski definition) is 4. The molecule has 0 atom stereocenters. The summed E-state index contributed by atoms with van der Waals surface area (Å²) in [7, 11) is 0. The Bertz CT molecular complexity index is 547. The molecule has 6 nitrogen and oxygen atoms in total. The number of ether oxygens (including phenoxy) is 1. The van der Waals surface area contributed by atoms with E-state index in [0.717, 1.165) is 63.9 Å². The van der Waals surface area contributed by atoms with Gasteiger partial charge in [0.1, 0.15) is 5.15 Å². The molecular weight excluding hydrogens is 465 g/mol. The maximum atomic E-state index is 5.82. The summed E-state index contributed by atoms with van der Waals surface area (Å²) in [6.45, 7) is 12.5. The SMILES string of the molecule is CCNC(=NCC(C)(C)N1CCOCC1)NCCc1ccc(Cl)nc1.I. The minimum absolute atomic E-state index is 0. The summed E-state index contributed by atoms with van der Waals surface area (Å²) in [4.78, 5) is 11.3. The third-order valence-corrected chi connectivity index (χ3v) is 4.55. The molecule has 0 bridgehead atoms. The summed E-state index contributed by atoms with van der Waals surface area (Å²) in [6, 6.07) is 3.82. The van der Waals surface area contributed by atoms with E-state index in [1.165, 1.54) is 0 Å². The molecule has 0 radical (unpaired) electrons. The molecule has 148 valence electrons. The molecule has 1 aromatic heterocycles. The van der Waals surface area contributed by atoms with Crippen LogP contribution in [0.4, 0.5) is 0 Å². The van der Waals surface area contributed by atoms with E-state index in [1.54, 1.807) is 0 Å². The fourth-order valence-corrected chi connectivity index (χ4v) is 2.87. The van der Waals surface area contributed by atoms with Crippen LogP contribution in [0.5, 0.6) is 0 Å². The smallest absolute Gasteiger partial charge is 0.191 e. The number of aromatic nitrogens is 1. The van der Waals surface area contributed by atoms with Gasteiger partial charge in [-0.1, -0.05) is 17.7 Å². The third kappa shape index (κ3) is 7.94. The van der Waals surface area contributed by atoms with Crippen molar-refractivity contribution in [2.24, 2.45) is 4.99 Å². The molecule has 1 fully saturated rings. The van der Waals surface area contributed by atoms with Crippen molar-refractivity contribution in [1.29, 1.82) is 0 Å². The van der Waals surface area contributed by atoms with E-state index < -0.39 is 0 Å². The summed E-state index contributed by atoms with van der Waals surface area (Å²) in [5.74, 6) is 0.853. The molecule has 0 unspecified atom stereocenters. The van der Waals surface area contributed by atoms with Crippen LogP contribution in [0, 0.1) is 0 Å². The fraction of sp³-hybridized carbons (Fsp3) is 0.667. The van der Waals surface area contributed by atoms with Crippen LogP contribution in [0.25, 0.3) is 0 Å². The van der Waals surface area contributed by atoms with Crippen LogP contribution in [0.2, 0.25) is 5.15 Å². The van der Waals surface area contributed by atoms with Crippen molar-refractivity contribution in [3.63, 3.8) is 0 Å². The van der Waals surface area contributed by atoms with Gasteiger partial charge in [0.25, 0.3) is 0 Å². The largest absolute Gasteiger partial charge is 0.379 e. The summed E-state index contributed by atoms with van der Waals surface area (Å²) in [6.07, 6.45) is 2.69. The lowest BCUT2D eigenvalue weighted by Crippen LogP contribution is -2.52. The highest BCUT2D eigenvalue weighted by molar-refractivity contribution is 14.0. The number of pyridine rings is 1. The first kappa shape index (κ1) is 23.4. The summed E-state index contributed by atoms with van der Waals surface area (Å²) >= 11 is 5.82. The van der Waals surface area contributed by atoms with Gasteiger partial charge >= 0.3 is 0 Å². The Morgan fingerprint density at radius 3 is 2.65 bits per heavy atom. The molecule has 0 aromatic carbocycles. The Labute approximate surface area is 179 Å². The molecule has 0 amide bonds. The zero-order chi connectivity index (χ0) is 18.1. The molecule has 0 saturated carbocycles. The van der Waals surface area contributed by atoms with Crippen molar-refractivity contribution in [1.82, 2.24) is 20.5 Å². The Morgan fingerprint density at radius 2 is 2.04 bits per heavy atom. The Hall–Kier alpha value is -0.640. The van der Waals surface area contributed by atoms with Gasteiger partial charge in [0, 0.05) is 37.9 Å². The summed E-state index contributed by atoms with van der Waals surface area (Å²) in [5.41, 5.74) is 1.17. The van der Waals surface area contributed by atoms with Crippen molar-refractivity contribution < 1.29 is 4.74 Å². The topological polar surface area (TPSA) is 61.8 Å². The highest BCUT2D eigenvalue weighted by Gasteiger charge is 2.28. The summed E-state index contributed by atoms with van der Waals surface area (Å²) in [5, 5.41) is 7.23. The number of rotatable bonds is 7. The molecule has 1 aliphatic rings. The van der Waals surface area contributed by atoms with Crippen LogP contribution in [-0.2, 0) is 11.2 Å². The molecule has 1 saturated heterocycles. The molecule has 8 heteroatoms. The first-order valence-corrected chi connectivity index (χ1v) is 9.34. The average Bonchev–Trinajstić information content (AvgIpc) is 2.62. The average molecular weight is 496 g/mol. The number of hydrogen-bond donors (Lipinski definition) is 2. The number of aliphatic imine (C=N–C) groups is 1. The maximum absolute atomic E-state index is 5.82. The van der Waals surface area contributed by atoms with E-state index in [1.807, 2.05) is 18.3 Å². The van der Waals surface area contributed by atoms with E-state index >= 15 is 0 Å². The Kier molecular flexibility index (Phi) is 10.7. The number of morpholine rings is 1. The van der Waals surface area contributed by atoms with Gasteiger partial charge in [-0.05, 0) is 38.8 Å². The highest BCUT2D eigenvalue weighted by atomic mass is 127. The predicted molar refractivity (Wildman–Crippen MR) is 119 cm³/mol. The zero-order valence-corrected chi connectivity index (χ0v) is 19.0. The molecular formula is C18H31ClIN5O. The number of halogens is 2. The van der Waals surface area contributed by atoms with Crippen molar-refractivity contribution in [2.75, 3.05) is 45.9 Å². The highest BCUT2D eigenvalue weighted by Crippen LogP contribution is 2.16. The molecule has 0 aliphatic carbocycles. The Balaban J connectivity index is 0.00000338. The van der Waals surface area contributed by atoms with Gasteiger partial charge in [-0.25, -0.2) is 4.98 Å². The quantitative estimate of drug-likeness (QED) is 0.263. The van der Waals surface area contributed by atoms with Crippen LogP contribution in [0.3, 0.4) is 0 Å².